The summed E-state index contributed by atoms with van der Waals surface area (Å²) in [7, 11) is 0. The van der Waals surface area contributed by atoms with Crippen molar-refractivity contribution in [2.75, 3.05) is 25.1 Å². The highest BCUT2D eigenvalue weighted by Gasteiger charge is 2.06. The minimum atomic E-state index is -0.521. The van der Waals surface area contributed by atoms with Gasteiger partial charge in [0.25, 0.3) is 0 Å². The highest BCUT2D eigenvalue weighted by Crippen LogP contribution is 2.25. The zero-order valence-corrected chi connectivity index (χ0v) is 12.8. The molecule has 0 fully saturated rings. The summed E-state index contributed by atoms with van der Waals surface area (Å²) >= 11 is 9.32. The van der Waals surface area contributed by atoms with Crippen molar-refractivity contribution < 1.29 is 9.84 Å². The number of hydrogen-bond donors (Lipinski definition) is 2. The van der Waals surface area contributed by atoms with Crippen LogP contribution >= 0.6 is 27.5 Å². The Bertz CT molecular complexity index is 363. The first kappa shape index (κ1) is 15.8. The van der Waals surface area contributed by atoms with Gasteiger partial charge < -0.3 is 15.2 Å². The molecule has 0 radical (unpaired) electrons. The van der Waals surface area contributed by atoms with Crippen molar-refractivity contribution in [2.45, 2.75) is 25.9 Å². The molecule has 0 bridgehead atoms. The third-order valence-electron chi connectivity index (χ3n) is 2.41. The average Bonchev–Trinajstić information content (AvgIpc) is 2.36. The van der Waals surface area contributed by atoms with Crippen LogP contribution in [0.3, 0.4) is 0 Å². The van der Waals surface area contributed by atoms with Gasteiger partial charge in [0.15, 0.2) is 0 Å². The van der Waals surface area contributed by atoms with Gasteiger partial charge in [-0.2, -0.15) is 0 Å². The first-order chi connectivity index (χ1) is 8.63. The van der Waals surface area contributed by atoms with Crippen molar-refractivity contribution in [3.63, 3.8) is 0 Å². The zero-order chi connectivity index (χ0) is 13.4. The van der Waals surface area contributed by atoms with E-state index in [2.05, 4.69) is 28.2 Å². The van der Waals surface area contributed by atoms with Crippen LogP contribution in [0, 0.1) is 0 Å². The second-order valence-corrected chi connectivity index (χ2v) is 5.38. The molecule has 0 aromatic heterocycles. The number of aliphatic hydroxyl groups is 1. The van der Waals surface area contributed by atoms with Gasteiger partial charge in [-0.25, -0.2) is 0 Å². The predicted molar refractivity (Wildman–Crippen MR) is 79.4 cm³/mol. The van der Waals surface area contributed by atoms with Gasteiger partial charge in [-0.1, -0.05) is 24.9 Å². The summed E-state index contributed by atoms with van der Waals surface area (Å²) in [6, 6.07) is 5.49. The van der Waals surface area contributed by atoms with Crippen LogP contribution in [0.25, 0.3) is 0 Å². The van der Waals surface area contributed by atoms with Crippen LogP contribution in [-0.2, 0) is 4.74 Å². The SMILES string of the molecule is CCCCOCC(O)CNc1cc(Cl)ccc1Br. The Hall–Kier alpha value is -0.290. The lowest BCUT2D eigenvalue weighted by molar-refractivity contribution is 0.0421. The van der Waals surface area contributed by atoms with Crippen LogP contribution in [0.5, 0.6) is 0 Å². The lowest BCUT2D eigenvalue weighted by Gasteiger charge is -2.14. The molecule has 0 amide bonds. The Morgan fingerprint density at radius 2 is 2.28 bits per heavy atom. The molecule has 1 aromatic rings. The van der Waals surface area contributed by atoms with Crippen molar-refractivity contribution in [1.82, 2.24) is 0 Å². The van der Waals surface area contributed by atoms with Crippen molar-refractivity contribution in [3.05, 3.63) is 27.7 Å². The number of nitrogens with one attached hydrogen (secondary N) is 1. The summed E-state index contributed by atoms with van der Waals surface area (Å²) in [6.07, 6.45) is 1.61. The van der Waals surface area contributed by atoms with Crippen molar-refractivity contribution in [2.24, 2.45) is 0 Å². The molecule has 0 spiro atoms. The largest absolute Gasteiger partial charge is 0.389 e. The Labute approximate surface area is 122 Å². The number of ether oxygens (including phenoxy) is 1. The van der Waals surface area contributed by atoms with Gasteiger partial charge in [-0.3, -0.25) is 0 Å². The zero-order valence-electron chi connectivity index (χ0n) is 10.5. The van der Waals surface area contributed by atoms with Crippen molar-refractivity contribution >= 4 is 33.2 Å². The predicted octanol–water partition coefficient (Wildman–Crippen LogP) is 3.69. The van der Waals surface area contributed by atoms with E-state index in [1.165, 1.54) is 0 Å². The molecule has 1 rings (SSSR count). The molecule has 0 aliphatic carbocycles. The first-order valence-corrected chi connectivity index (χ1v) is 7.25. The quantitative estimate of drug-likeness (QED) is 0.711. The number of hydrogen-bond acceptors (Lipinski definition) is 3. The second kappa shape index (κ2) is 8.75. The summed E-state index contributed by atoms with van der Waals surface area (Å²) in [4.78, 5) is 0. The summed E-state index contributed by atoms with van der Waals surface area (Å²) in [6.45, 7) is 3.60. The number of aliphatic hydroxyl groups excluding tert-OH is 1. The number of benzene rings is 1. The molecule has 0 heterocycles. The first-order valence-electron chi connectivity index (χ1n) is 6.08. The molecule has 0 aliphatic rings. The Balaban J connectivity index is 2.29. The molecule has 102 valence electrons. The number of rotatable bonds is 8. The molecule has 2 N–H and O–H groups in total. The summed E-state index contributed by atoms with van der Waals surface area (Å²) in [5, 5.41) is 13.5. The second-order valence-electron chi connectivity index (χ2n) is 4.09. The average molecular weight is 337 g/mol. The van der Waals surface area contributed by atoms with Crippen LogP contribution < -0.4 is 5.32 Å². The fourth-order valence-corrected chi connectivity index (χ4v) is 1.94. The molecule has 18 heavy (non-hydrogen) atoms. The van der Waals surface area contributed by atoms with E-state index in [0.29, 0.717) is 24.8 Å². The van der Waals surface area contributed by atoms with E-state index < -0.39 is 6.10 Å². The van der Waals surface area contributed by atoms with Gasteiger partial charge in [0.2, 0.25) is 0 Å². The van der Waals surface area contributed by atoms with E-state index in [1.54, 1.807) is 6.07 Å². The molecule has 1 unspecified atom stereocenters. The summed E-state index contributed by atoms with van der Waals surface area (Å²) < 4.78 is 6.27. The topological polar surface area (TPSA) is 41.5 Å². The third-order valence-corrected chi connectivity index (χ3v) is 3.34. The molecule has 1 aromatic carbocycles. The van der Waals surface area contributed by atoms with Crippen molar-refractivity contribution in [1.29, 1.82) is 0 Å². The van der Waals surface area contributed by atoms with E-state index in [9.17, 15) is 5.11 Å². The summed E-state index contributed by atoms with van der Waals surface area (Å²) in [5.41, 5.74) is 0.870. The van der Waals surface area contributed by atoms with E-state index in [-0.39, 0.29) is 0 Å². The van der Waals surface area contributed by atoms with E-state index in [4.69, 9.17) is 16.3 Å². The molecule has 1 atom stereocenters. The lowest BCUT2D eigenvalue weighted by atomic mass is 10.3. The molecule has 0 aliphatic heterocycles. The van der Waals surface area contributed by atoms with Crippen LogP contribution in [-0.4, -0.2) is 31.0 Å². The van der Waals surface area contributed by atoms with Crippen LogP contribution in [0.4, 0.5) is 5.69 Å². The highest BCUT2D eigenvalue weighted by molar-refractivity contribution is 9.10. The molecule has 0 saturated carbocycles. The van der Waals surface area contributed by atoms with Gasteiger partial charge in [-0.15, -0.1) is 0 Å². The van der Waals surface area contributed by atoms with Gasteiger partial charge in [0.05, 0.1) is 12.7 Å². The van der Waals surface area contributed by atoms with Crippen molar-refractivity contribution in [3.8, 4) is 0 Å². The fraction of sp³-hybridized carbons (Fsp3) is 0.538. The Morgan fingerprint density at radius 3 is 3.00 bits per heavy atom. The number of unbranched alkanes of at least 4 members (excludes halogenated alkanes) is 1. The highest BCUT2D eigenvalue weighted by atomic mass is 79.9. The molecular weight excluding hydrogens is 318 g/mol. The molecular formula is C13H19BrClNO2. The minimum Gasteiger partial charge on any atom is -0.389 e. The van der Waals surface area contributed by atoms with E-state index in [0.717, 1.165) is 23.0 Å². The van der Waals surface area contributed by atoms with E-state index in [1.807, 2.05) is 12.1 Å². The van der Waals surface area contributed by atoms with E-state index >= 15 is 0 Å². The molecule has 0 saturated heterocycles. The normalized spacial score (nSPS) is 12.4. The molecule has 5 heteroatoms. The third kappa shape index (κ3) is 6.05. The maximum absolute atomic E-state index is 9.73. The van der Waals surface area contributed by atoms with Gasteiger partial charge >= 0.3 is 0 Å². The van der Waals surface area contributed by atoms with Gasteiger partial charge in [0, 0.05) is 28.3 Å². The van der Waals surface area contributed by atoms with Crippen LogP contribution in [0.2, 0.25) is 5.02 Å². The fourth-order valence-electron chi connectivity index (χ4n) is 1.39. The van der Waals surface area contributed by atoms with Gasteiger partial charge in [-0.05, 0) is 40.5 Å². The summed E-state index contributed by atoms with van der Waals surface area (Å²) in [5.74, 6) is 0. The number of halogens is 2. The standard InChI is InChI=1S/C13H19BrClNO2/c1-2-3-6-18-9-11(17)8-16-13-7-10(15)4-5-12(13)14/h4-5,7,11,16-17H,2-3,6,8-9H2,1H3. The Morgan fingerprint density at radius 1 is 1.50 bits per heavy atom. The monoisotopic (exact) mass is 335 g/mol. The Kier molecular flexibility index (Phi) is 7.66. The maximum Gasteiger partial charge on any atom is 0.0945 e. The lowest BCUT2D eigenvalue weighted by Crippen LogP contribution is -2.25. The number of anilines is 1. The molecule has 3 nitrogen and oxygen atoms in total. The maximum atomic E-state index is 9.73. The minimum absolute atomic E-state index is 0.352. The van der Waals surface area contributed by atoms with Crippen LogP contribution in [0.15, 0.2) is 22.7 Å². The van der Waals surface area contributed by atoms with Gasteiger partial charge in [0.1, 0.15) is 0 Å². The smallest absolute Gasteiger partial charge is 0.0945 e. The van der Waals surface area contributed by atoms with Crippen LogP contribution in [0.1, 0.15) is 19.8 Å².